The summed E-state index contributed by atoms with van der Waals surface area (Å²) < 4.78 is 8.78. The van der Waals surface area contributed by atoms with Crippen molar-refractivity contribution in [3.63, 3.8) is 0 Å². The molecule has 0 radical (unpaired) electrons. The number of fused-ring (bicyclic) bond motifs is 2. The number of amides is 1. The monoisotopic (exact) mass is 488 g/mol. The number of rotatable bonds is 7. The third-order valence-electron chi connectivity index (χ3n) is 6.86. The second kappa shape index (κ2) is 10.4. The number of quaternary nitrogens is 1. The fourth-order valence-electron chi connectivity index (χ4n) is 4.81. The van der Waals surface area contributed by atoms with E-state index in [4.69, 9.17) is 15.5 Å². The van der Waals surface area contributed by atoms with Crippen molar-refractivity contribution in [2.24, 2.45) is 0 Å². The van der Waals surface area contributed by atoms with Crippen molar-refractivity contribution in [1.29, 1.82) is 0 Å². The molecule has 0 bridgehead atoms. The summed E-state index contributed by atoms with van der Waals surface area (Å²) in [5.41, 5.74) is 8.67. The molecule has 0 saturated carbocycles. The Kier molecular flexibility index (Phi) is 6.92. The first-order valence-corrected chi connectivity index (χ1v) is 12.4. The van der Waals surface area contributed by atoms with Gasteiger partial charge in [0.15, 0.2) is 0 Å². The average molecular weight is 489 g/mol. The van der Waals surface area contributed by atoms with Crippen LogP contribution in [0.5, 0.6) is 0 Å². The Bertz CT molecular complexity index is 1450. The molecule has 1 aromatic carbocycles. The number of anilines is 1. The highest BCUT2D eigenvalue weighted by Crippen LogP contribution is 2.17. The fourth-order valence-corrected chi connectivity index (χ4v) is 4.81. The summed E-state index contributed by atoms with van der Waals surface area (Å²) in [5, 5.41) is 3.40. The molecule has 4 N–H and O–H groups in total. The summed E-state index contributed by atoms with van der Waals surface area (Å²) in [6, 6.07) is 16.5. The van der Waals surface area contributed by atoms with Gasteiger partial charge in [0.1, 0.15) is 24.0 Å². The van der Waals surface area contributed by atoms with Crippen LogP contribution in [0.1, 0.15) is 35.3 Å². The largest absolute Gasteiger partial charge is 0.370 e. The normalized spacial score (nSPS) is 15.2. The van der Waals surface area contributed by atoms with Crippen LogP contribution in [0.25, 0.3) is 16.7 Å². The number of morpholine rings is 1. The van der Waals surface area contributed by atoms with E-state index in [1.54, 1.807) is 24.4 Å². The van der Waals surface area contributed by atoms with Crippen LogP contribution in [0, 0.1) is 0 Å². The Hall–Kier alpha value is -3.82. The van der Waals surface area contributed by atoms with Crippen molar-refractivity contribution in [1.82, 2.24) is 14.7 Å². The first kappa shape index (κ1) is 23.9. The summed E-state index contributed by atoms with van der Waals surface area (Å²) in [5.74, 6) is -0.0136. The predicted molar refractivity (Wildman–Crippen MR) is 137 cm³/mol. The highest BCUT2D eigenvalue weighted by atomic mass is 16.5. The van der Waals surface area contributed by atoms with E-state index in [-0.39, 0.29) is 23.1 Å². The Labute approximate surface area is 209 Å². The van der Waals surface area contributed by atoms with Gasteiger partial charge < -0.3 is 20.7 Å². The summed E-state index contributed by atoms with van der Waals surface area (Å²) in [6.07, 6.45) is 2.52. The molecule has 1 fully saturated rings. The van der Waals surface area contributed by atoms with Gasteiger partial charge in [0.2, 0.25) is 11.5 Å². The topological polar surface area (TPSA) is 107 Å². The van der Waals surface area contributed by atoms with Crippen molar-refractivity contribution in [3.8, 4) is 0 Å². The molecule has 1 aliphatic rings. The van der Waals surface area contributed by atoms with Gasteiger partial charge in [-0.1, -0.05) is 41.4 Å². The molecule has 4 heterocycles. The highest BCUT2D eigenvalue weighted by Gasteiger charge is 2.25. The second-order valence-electron chi connectivity index (χ2n) is 9.25. The molecule has 4 aromatic rings. The highest BCUT2D eigenvalue weighted by molar-refractivity contribution is 6.00. The molecule has 0 unspecified atom stereocenters. The quantitative estimate of drug-likeness (QED) is 0.260. The van der Waals surface area contributed by atoms with E-state index in [1.165, 1.54) is 9.30 Å². The summed E-state index contributed by atoms with van der Waals surface area (Å²) in [7, 11) is 0. The Morgan fingerprint density at radius 3 is 2.72 bits per heavy atom. The number of carbonyl (C=O) groups excluding carboxylic acids is 1. The van der Waals surface area contributed by atoms with Crippen LogP contribution in [-0.4, -0.2) is 48.1 Å². The lowest BCUT2D eigenvalue weighted by Crippen LogP contribution is -3.14. The molecule has 1 atom stereocenters. The maximum absolute atomic E-state index is 13.4. The number of benzene rings is 1. The standard InChI is InChI=1S/C27H30N6O3/c1-19(20-8-3-2-4-9-20)29-26(34)21-18-22-25(30-23-10-5-6-12-32(23)27(22)35)33(24(21)28)13-7-11-31-14-16-36-17-15-31/h2-6,8-10,12,18-19,28H,7,11,13-17H2,1H3,(H,29,34)/p+2/t19-/m0/s1. The molecule has 5 rings (SSSR count). The van der Waals surface area contributed by atoms with E-state index in [2.05, 4.69) is 5.32 Å². The zero-order chi connectivity index (χ0) is 25.1. The molecule has 1 aliphatic heterocycles. The maximum atomic E-state index is 13.4. The lowest BCUT2D eigenvalue weighted by molar-refractivity contribution is -0.910. The first-order valence-electron chi connectivity index (χ1n) is 12.4. The lowest BCUT2D eigenvalue weighted by atomic mass is 10.1. The Morgan fingerprint density at radius 1 is 1.19 bits per heavy atom. The number of nitrogen functional groups attached to an aromatic ring is 1. The van der Waals surface area contributed by atoms with E-state index >= 15 is 0 Å². The zero-order valence-corrected chi connectivity index (χ0v) is 20.4. The molecule has 9 heteroatoms. The third-order valence-corrected chi connectivity index (χ3v) is 6.86. The summed E-state index contributed by atoms with van der Waals surface area (Å²) >= 11 is 0. The van der Waals surface area contributed by atoms with Crippen LogP contribution >= 0.6 is 0 Å². The van der Waals surface area contributed by atoms with Crippen LogP contribution in [0.4, 0.5) is 5.82 Å². The van der Waals surface area contributed by atoms with Gasteiger partial charge in [0.25, 0.3) is 17.1 Å². The Balaban J connectivity index is 1.53. The molecular weight excluding hydrogens is 456 g/mol. The van der Waals surface area contributed by atoms with E-state index in [0.29, 0.717) is 29.0 Å². The number of carbonyl (C=O) groups is 1. The zero-order valence-electron chi connectivity index (χ0n) is 20.4. The van der Waals surface area contributed by atoms with Crippen LogP contribution in [0.15, 0.2) is 65.6 Å². The molecule has 0 aliphatic carbocycles. The fraction of sp³-hybridized carbons (Fsp3) is 0.333. The molecule has 1 amide bonds. The number of nitrogens with one attached hydrogen (secondary N) is 2. The average Bonchev–Trinajstić information content (AvgIpc) is 2.91. The number of hydrogen-bond donors (Lipinski definition) is 3. The number of nitrogens with two attached hydrogens (primary N) is 1. The molecule has 9 nitrogen and oxygen atoms in total. The van der Waals surface area contributed by atoms with E-state index in [0.717, 1.165) is 44.8 Å². The van der Waals surface area contributed by atoms with Crippen molar-refractivity contribution in [3.05, 3.63) is 82.3 Å². The number of ether oxygens (including phenoxy) is 1. The van der Waals surface area contributed by atoms with Crippen molar-refractivity contribution in [2.45, 2.75) is 25.9 Å². The van der Waals surface area contributed by atoms with Gasteiger partial charge in [-0.3, -0.25) is 14.0 Å². The minimum absolute atomic E-state index is 0.219. The molecular formula is C27H32N6O3+2. The predicted octanol–water partition coefficient (Wildman–Crippen LogP) is 0.514. The van der Waals surface area contributed by atoms with Gasteiger partial charge in [-0.25, -0.2) is 4.57 Å². The van der Waals surface area contributed by atoms with Crippen LogP contribution in [0.2, 0.25) is 0 Å². The summed E-state index contributed by atoms with van der Waals surface area (Å²) in [6.45, 7) is 6.92. The van der Waals surface area contributed by atoms with Gasteiger partial charge >= 0.3 is 0 Å². The first-order chi connectivity index (χ1) is 17.5. The maximum Gasteiger partial charge on any atom is 0.278 e. The van der Waals surface area contributed by atoms with E-state index in [9.17, 15) is 9.59 Å². The van der Waals surface area contributed by atoms with E-state index < -0.39 is 0 Å². The number of hydrogen-bond acceptors (Lipinski definition) is 5. The third kappa shape index (κ3) is 4.80. The smallest absolute Gasteiger partial charge is 0.278 e. The molecule has 0 spiro atoms. The van der Waals surface area contributed by atoms with Crippen LogP contribution in [0.3, 0.4) is 0 Å². The number of aromatic nitrogens is 3. The number of nitrogens with zero attached hydrogens (tertiary/aromatic N) is 3. The van der Waals surface area contributed by atoms with Gasteiger partial charge in [-0.15, -0.1) is 0 Å². The van der Waals surface area contributed by atoms with Crippen LogP contribution in [-0.2, 0) is 11.3 Å². The van der Waals surface area contributed by atoms with Gasteiger partial charge in [0.05, 0.1) is 32.3 Å². The summed E-state index contributed by atoms with van der Waals surface area (Å²) in [4.78, 5) is 33.0. The number of aryl methyl sites for hydroxylation is 1. The van der Waals surface area contributed by atoms with Crippen molar-refractivity contribution >= 4 is 28.4 Å². The number of pyridine rings is 2. The minimum atomic E-state index is -0.323. The van der Waals surface area contributed by atoms with Crippen LogP contribution < -0.4 is 26.1 Å². The van der Waals surface area contributed by atoms with Crippen molar-refractivity contribution < 1.29 is 19.0 Å². The SMILES string of the molecule is C[C@H](NC(=O)c1cc2c(=O)n3ccccc3nc2[n+](CCC[NH+]2CCOCC2)c1N)c1ccccc1. The van der Waals surface area contributed by atoms with Crippen molar-refractivity contribution in [2.75, 3.05) is 38.6 Å². The lowest BCUT2D eigenvalue weighted by Gasteiger charge is -2.23. The molecule has 36 heavy (non-hydrogen) atoms. The molecule has 1 saturated heterocycles. The van der Waals surface area contributed by atoms with Gasteiger partial charge in [-0.05, 0) is 30.7 Å². The minimum Gasteiger partial charge on any atom is -0.370 e. The van der Waals surface area contributed by atoms with Gasteiger partial charge in [-0.2, -0.15) is 0 Å². The van der Waals surface area contributed by atoms with E-state index in [1.807, 2.05) is 47.9 Å². The molecule has 186 valence electrons. The van der Waals surface area contributed by atoms with Gasteiger partial charge in [0, 0.05) is 12.6 Å². The molecule has 3 aromatic heterocycles. The second-order valence-corrected chi connectivity index (χ2v) is 9.25. The Morgan fingerprint density at radius 2 is 1.94 bits per heavy atom.